The van der Waals surface area contributed by atoms with Gasteiger partial charge in [-0.25, -0.2) is 0 Å². The number of amides is 1. The Hall–Kier alpha value is -2.37. The van der Waals surface area contributed by atoms with Gasteiger partial charge in [-0.1, -0.05) is 13.8 Å². The van der Waals surface area contributed by atoms with E-state index in [0.29, 0.717) is 18.0 Å². The van der Waals surface area contributed by atoms with Crippen LogP contribution in [0, 0.1) is 22.0 Å². The van der Waals surface area contributed by atoms with Gasteiger partial charge < -0.3 is 9.88 Å². The van der Waals surface area contributed by atoms with E-state index in [2.05, 4.69) is 23.7 Å². The molecule has 0 aliphatic heterocycles. The zero-order valence-electron chi connectivity index (χ0n) is 12.7. The molecule has 0 radical (unpaired) electrons. The fourth-order valence-corrected chi connectivity index (χ4v) is 2.76. The Morgan fingerprint density at radius 3 is 2.86 bits per heavy atom. The molecule has 2 aromatic rings. The summed E-state index contributed by atoms with van der Waals surface area (Å²) in [4.78, 5) is 22.2. The molecular formula is C16H19N3O3. The number of hydrogen-bond donors (Lipinski definition) is 1. The number of carbonyl (C=O) groups is 1. The van der Waals surface area contributed by atoms with Crippen molar-refractivity contribution < 1.29 is 9.72 Å². The van der Waals surface area contributed by atoms with Gasteiger partial charge in [-0.3, -0.25) is 14.9 Å². The van der Waals surface area contributed by atoms with Gasteiger partial charge in [-0.15, -0.1) is 0 Å². The standard InChI is InChI=1S/C16H19N3O3/c1-10(2)9-18-6-5-11-7-12(3-4-14(11)18)17-16(20)13-8-15(13)19(21)22/h3-7,10,13,15H,8-9H2,1-2H3,(H,17,20)/t13-,15-/m0/s1. The molecule has 1 heterocycles. The number of benzene rings is 1. The van der Waals surface area contributed by atoms with Crippen LogP contribution >= 0.6 is 0 Å². The molecule has 6 nitrogen and oxygen atoms in total. The van der Waals surface area contributed by atoms with Crippen LogP contribution in [0.5, 0.6) is 0 Å². The van der Waals surface area contributed by atoms with Crippen LogP contribution in [0.2, 0.25) is 0 Å². The summed E-state index contributed by atoms with van der Waals surface area (Å²) in [7, 11) is 0. The number of fused-ring (bicyclic) bond motifs is 1. The normalized spacial score (nSPS) is 20.3. The first kappa shape index (κ1) is 14.6. The summed E-state index contributed by atoms with van der Waals surface area (Å²) in [5.74, 6) is -0.192. The fraction of sp³-hybridized carbons (Fsp3) is 0.438. The summed E-state index contributed by atoms with van der Waals surface area (Å²) in [5.41, 5.74) is 1.81. The van der Waals surface area contributed by atoms with Gasteiger partial charge in [-0.05, 0) is 30.2 Å². The Bertz CT molecular complexity index is 735. The topological polar surface area (TPSA) is 77.2 Å². The van der Waals surface area contributed by atoms with Crippen molar-refractivity contribution >= 4 is 22.5 Å². The lowest BCUT2D eigenvalue weighted by Gasteiger charge is -2.09. The van der Waals surface area contributed by atoms with Gasteiger partial charge in [0.25, 0.3) is 0 Å². The van der Waals surface area contributed by atoms with Gasteiger partial charge in [0.2, 0.25) is 11.9 Å². The van der Waals surface area contributed by atoms with Crippen LogP contribution in [-0.2, 0) is 11.3 Å². The predicted molar refractivity (Wildman–Crippen MR) is 84.3 cm³/mol. The van der Waals surface area contributed by atoms with E-state index in [4.69, 9.17) is 0 Å². The molecule has 0 spiro atoms. The van der Waals surface area contributed by atoms with Crippen LogP contribution in [0.3, 0.4) is 0 Å². The molecule has 116 valence electrons. The summed E-state index contributed by atoms with van der Waals surface area (Å²) in [6.45, 7) is 5.28. The van der Waals surface area contributed by atoms with Crippen molar-refractivity contribution in [1.82, 2.24) is 4.57 Å². The smallest absolute Gasteiger partial charge is 0.234 e. The summed E-state index contributed by atoms with van der Waals surface area (Å²) in [5, 5.41) is 14.5. The maximum atomic E-state index is 12.0. The second-order valence-corrected chi connectivity index (χ2v) is 6.32. The molecule has 0 saturated heterocycles. The molecule has 2 atom stereocenters. The van der Waals surface area contributed by atoms with Crippen LogP contribution in [0.15, 0.2) is 30.5 Å². The van der Waals surface area contributed by atoms with E-state index >= 15 is 0 Å². The van der Waals surface area contributed by atoms with Gasteiger partial charge in [0.1, 0.15) is 5.92 Å². The predicted octanol–water partition coefficient (Wildman–Crippen LogP) is 2.90. The summed E-state index contributed by atoms with van der Waals surface area (Å²) < 4.78 is 2.19. The van der Waals surface area contributed by atoms with Gasteiger partial charge in [-0.2, -0.15) is 0 Å². The summed E-state index contributed by atoms with van der Waals surface area (Å²) >= 11 is 0. The second-order valence-electron chi connectivity index (χ2n) is 6.32. The quantitative estimate of drug-likeness (QED) is 0.681. The Morgan fingerprint density at radius 2 is 2.23 bits per heavy atom. The van der Waals surface area contributed by atoms with Crippen molar-refractivity contribution in [3.8, 4) is 0 Å². The van der Waals surface area contributed by atoms with Gasteiger partial charge in [0.15, 0.2) is 0 Å². The zero-order valence-corrected chi connectivity index (χ0v) is 12.7. The highest BCUT2D eigenvalue weighted by atomic mass is 16.6. The van der Waals surface area contributed by atoms with E-state index in [1.54, 1.807) is 0 Å². The number of anilines is 1. The van der Waals surface area contributed by atoms with Gasteiger partial charge in [0, 0.05) is 40.7 Å². The van der Waals surface area contributed by atoms with Crippen molar-refractivity contribution in [2.24, 2.45) is 11.8 Å². The van der Waals surface area contributed by atoms with Crippen LogP contribution in [0.4, 0.5) is 5.69 Å². The molecule has 1 aliphatic carbocycles. The average Bonchev–Trinajstić information content (AvgIpc) is 3.17. The molecule has 1 amide bonds. The highest BCUT2D eigenvalue weighted by molar-refractivity contribution is 5.96. The third-order valence-corrected chi connectivity index (χ3v) is 3.96. The van der Waals surface area contributed by atoms with Crippen molar-refractivity contribution in [3.05, 3.63) is 40.6 Å². The van der Waals surface area contributed by atoms with E-state index < -0.39 is 12.0 Å². The maximum Gasteiger partial charge on any atom is 0.234 e. The molecule has 1 aromatic heterocycles. The first-order chi connectivity index (χ1) is 10.5. The SMILES string of the molecule is CC(C)Cn1ccc2cc(NC(=O)[C@H]3C[C@@H]3[N+](=O)[O-])ccc21. The van der Waals surface area contributed by atoms with E-state index in [9.17, 15) is 14.9 Å². The van der Waals surface area contributed by atoms with Crippen LogP contribution in [0.1, 0.15) is 20.3 Å². The number of rotatable bonds is 5. The maximum absolute atomic E-state index is 12.0. The molecule has 1 fully saturated rings. The van der Waals surface area contributed by atoms with E-state index in [1.807, 2.05) is 30.5 Å². The highest BCUT2D eigenvalue weighted by Crippen LogP contribution is 2.34. The third kappa shape index (κ3) is 2.81. The van der Waals surface area contributed by atoms with Crippen molar-refractivity contribution in [2.45, 2.75) is 32.9 Å². The van der Waals surface area contributed by atoms with Gasteiger partial charge in [0.05, 0.1) is 0 Å². The molecule has 1 saturated carbocycles. The molecule has 0 bridgehead atoms. The molecule has 22 heavy (non-hydrogen) atoms. The summed E-state index contributed by atoms with van der Waals surface area (Å²) in [6, 6.07) is 7.04. The Balaban J connectivity index is 1.73. The Kier molecular flexibility index (Phi) is 3.60. The van der Waals surface area contributed by atoms with E-state index in [-0.39, 0.29) is 10.8 Å². The first-order valence-corrected chi connectivity index (χ1v) is 7.49. The number of hydrogen-bond acceptors (Lipinski definition) is 3. The van der Waals surface area contributed by atoms with Crippen molar-refractivity contribution in [1.29, 1.82) is 0 Å². The van der Waals surface area contributed by atoms with E-state index in [0.717, 1.165) is 17.4 Å². The highest BCUT2D eigenvalue weighted by Gasteiger charge is 2.53. The molecule has 1 N–H and O–H groups in total. The van der Waals surface area contributed by atoms with Crippen molar-refractivity contribution in [2.75, 3.05) is 5.32 Å². The average molecular weight is 301 g/mol. The van der Waals surface area contributed by atoms with E-state index in [1.165, 1.54) is 0 Å². The first-order valence-electron chi connectivity index (χ1n) is 7.49. The number of aromatic nitrogens is 1. The second kappa shape index (κ2) is 5.44. The van der Waals surface area contributed by atoms with Gasteiger partial charge >= 0.3 is 0 Å². The minimum absolute atomic E-state index is 0.261. The van der Waals surface area contributed by atoms with Crippen LogP contribution in [-0.4, -0.2) is 21.4 Å². The molecule has 1 aliphatic rings. The molecule has 0 unspecified atom stereocenters. The Morgan fingerprint density at radius 1 is 1.45 bits per heavy atom. The molecule has 6 heteroatoms. The van der Waals surface area contributed by atoms with Crippen molar-refractivity contribution in [3.63, 3.8) is 0 Å². The monoisotopic (exact) mass is 301 g/mol. The minimum atomic E-state index is -0.712. The number of nitrogens with one attached hydrogen (secondary N) is 1. The lowest BCUT2D eigenvalue weighted by Crippen LogP contribution is -2.18. The lowest BCUT2D eigenvalue weighted by atomic mass is 10.2. The zero-order chi connectivity index (χ0) is 15.9. The third-order valence-electron chi connectivity index (χ3n) is 3.96. The fourth-order valence-electron chi connectivity index (χ4n) is 2.76. The lowest BCUT2D eigenvalue weighted by molar-refractivity contribution is -0.497. The minimum Gasteiger partial charge on any atom is -0.347 e. The molecular weight excluding hydrogens is 282 g/mol. The summed E-state index contributed by atoms with van der Waals surface area (Å²) in [6.07, 6.45) is 2.38. The number of nitrogens with zero attached hydrogens (tertiary/aromatic N) is 2. The number of nitro groups is 1. The molecule has 1 aromatic carbocycles. The largest absolute Gasteiger partial charge is 0.347 e. The number of carbonyl (C=O) groups excluding carboxylic acids is 1. The Labute approximate surface area is 128 Å². The van der Waals surface area contributed by atoms with Crippen LogP contribution in [0.25, 0.3) is 10.9 Å². The van der Waals surface area contributed by atoms with Crippen LogP contribution < -0.4 is 5.32 Å². The molecule has 3 rings (SSSR count).